The normalized spacial score (nSPS) is 12.0. The molecule has 1 unspecified atom stereocenters. The van der Waals surface area contributed by atoms with Crippen LogP contribution in [0, 0.1) is 11.3 Å². The molecule has 0 aliphatic heterocycles. The van der Waals surface area contributed by atoms with E-state index in [9.17, 15) is 0 Å². The monoisotopic (exact) mass is 218 g/mol. The van der Waals surface area contributed by atoms with E-state index in [1.165, 1.54) is 5.56 Å². The lowest BCUT2D eigenvalue weighted by Crippen LogP contribution is -2.17. The van der Waals surface area contributed by atoms with E-state index in [1.807, 2.05) is 24.3 Å². The number of nitriles is 1. The van der Waals surface area contributed by atoms with E-state index in [0.29, 0.717) is 6.61 Å². The van der Waals surface area contributed by atoms with Gasteiger partial charge in [0.2, 0.25) is 0 Å². The number of ether oxygens (including phenoxy) is 1. The maximum Gasteiger partial charge on any atom is 0.141 e. The number of benzene rings is 1. The second kappa shape index (κ2) is 7.86. The molecule has 0 fully saturated rings. The molecule has 0 aliphatic rings. The van der Waals surface area contributed by atoms with Crippen LogP contribution in [0.3, 0.4) is 0 Å². The molecule has 3 nitrogen and oxygen atoms in total. The largest absolute Gasteiger partial charge is 0.364 e. The van der Waals surface area contributed by atoms with Crippen molar-refractivity contribution in [3.8, 4) is 6.07 Å². The van der Waals surface area contributed by atoms with Gasteiger partial charge in [0.25, 0.3) is 0 Å². The van der Waals surface area contributed by atoms with Crippen LogP contribution in [0.2, 0.25) is 0 Å². The standard InChI is InChI=1S/C13H18N2O/c1-12(10-14)16-9-5-8-15-11-13-6-3-2-4-7-13/h2-4,6-7,12,15H,5,8-9,11H2,1H3. The summed E-state index contributed by atoms with van der Waals surface area (Å²) in [6, 6.07) is 12.3. The van der Waals surface area contributed by atoms with Crippen molar-refractivity contribution in [3.63, 3.8) is 0 Å². The van der Waals surface area contributed by atoms with Crippen LogP contribution in [0.25, 0.3) is 0 Å². The fraction of sp³-hybridized carbons (Fsp3) is 0.462. The Kier molecular flexibility index (Phi) is 6.24. The molecule has 86 valence electrons. The van der Waals surface area contributed by atoms with Gasteiger partial charge in [0.15, 0.2) is 0 Å². The Hall–Kier alpha value is -1.37. The van der Waals surface area contributed by atoms with Gasteiger partial charge < -0.3 is 10.1 Å². The smallest absolute Gasteiger partial charge is 0.141 e. The lowest BCUT2D eigenvalue weighted by Gasteiger charge is -2.06. The van der Waals surface area contributed by atoms with Crippen molar-refractivity contribution in [1.82, 2.24) is 5.32 Å². The first-order valence-corrected chi connectivity index (χ1v) is 5.59. The predicted octanol–water partition coefficient (Wildman–Crippen LogP) is 2.09. The molecule has 0 aliphatic carbocycles. The Morgan fingerprint density at radius 2 is 2.12 bits per heavy atom. The molecule has 0 saturated carbocycles. The second-order valence-corrected chi connectivity index (χ2v) is 3.66. The van der Waals surface area contributed by atoms with Crippen LogP contribution in [-0.2, 0) is 11.3 Å². The summed E-state index contributed by atoms with van der Waals surface area (Å²) in [5, 5.41) is 11.8. The number of hydrogen-bond acceptors (Lipinski definition) is 3. The molecule has 0 amide bonds. The van der Waals surface area contributed by atoms with Gasteiger partial charge in [-0.05, 0) is 25.5 Å². The van der Waals surface area contributed by atoms with Crippen molar-refractivity contribution in [1.29, 1.82) is 5.26 Å². The molecule has 0 spiro atoms. The molecule has 16 heavy (non-hydrogen) atoms. The Balaban J connectivity index is 1.99. The predicted molar refractivity (Wildman–Crippen MR) is 63.8 cm³/mol. The molecule has 0 aromatic heterocycles. The SMILES string of the molecule is CC(C#N)OCCCNCc1ccccc1. The van der Waals surface area contributed by atoms with Crippen LogP contribution >= 0.6 is 0 Å². The molecule has 1 atom stereocenters. The molecule has 1 aromatic carbocycles. The summed E-state index contributed by atoms with van der Waals surface area (Å²) in [6.45, 7) is 4.19. The summed E-state index contributed by atoms with van der Waals surface area (Å²) < 4.78 is 5.24. The first-order chi connectivity index (χ1) is 7.83. The molecule has 1 aromatic rings. The van der Waals surface area contributed by atoms with E-state index >= 15 is 0 Å². The van der Waals surface area contributed by atoms with Gasteiger partial charge in [0.05, 0.1) is 6.07 Å². The first kappa shape index (κ1) is 12.7. The van der Waals surface area contributed by atoms with Crippen LogP contribution < -0.4 is 5.32 Å². The fourth-order valence-electron chi connectivity index (χ4n) is 1.32. The molecule has 3 heteroatoms. The van der Waals surface area contributed by atoms with Crippen molar-refractivity contribution in [3.05, 3.63) is 35.9 Å². The first-order valence-electron chi connectivity index (χ1n) is 5.59. The highest BCUT2D eigenvalue weighted by molar-refractivity contribution is 5.14. The maximum atomic E-state index is 8.50. The third kappa shape index (κ3) is 5.50. The minimum Gasteiger partial charge on any atom is -0.364 e. The molecule has 0 radical (unpaired) electrons. The lowest BCUT2D eigenvalue weighted by atomic mass is 10.2. The summed E-state index contributed by atoms with van der Waals surface area (Å²) >= 11 is 0. The van der Waals surface area contributed by atoms with Gasteiger partial charge in [0.1, 0.15) is 6.10 Å². The molecule has 1 N–H and O–H groups in total. The number of rotatable bonds is 7. The van der Waals surface area contributed by atoms with Crippen molar-refractivity contribution in [2.24, 2.45) is 0 Å². The number of nitrogens with one attached hydrogen (secondary N) is 1. The Bertz CT molecular complexity index is 318. The molecule has 0 saturated heterocycles. The zero-order valence-corrected chi connectivity index (χ0v) is 9.65. The van der Waals surface area contributed by atoms with Gasteiger partial charge in [-0.1, -0.05) is 30.3 Å². The van der Waals surface area contributed by atoms with E-state index in [4.69, 9.17) is 10.00 Å². The van der Waals surface area contributed by atoms with Crippen LogP contribution in [0.15, 0.2) is 30.3 Å². The summed E-state index contributed by atoms with van der Waals surface area (Å²) in [5.41, 5.74) is 1.29. The van der Waals surface area contributed by atoms with E-state index in [-0.39, 0.29) is 6.10 Å². The minimum absolute atomic E-state index is 0.297. The molecule has 0 bridgehead atoms. The minimum atomic E-state index is -0.297. The topological polar surface area (TPSA) is 45.0 Å². The number of nitrogens with zero attached hydrogens (tertiary/aromatic N) is 1. The summed E-state index contributed by atoms with van der Waals surface area (Å²) in [4.78, 5) is 0. The van der Waals surface area contributed by atoms with E-state index in [0.717, 1.165) is 19.5 Å². The van der Waals surface area contributed by atoms with Gasteiger partial charge in [0, 0.05) is 13.2 Å². The van der Waals surface area contributed by atoms with Gasteiger partial charge >= 0.3 is 0 Å². The van der Waals surface area contributed by atoms with Crippen molar-refractivity contribution < 1.29 is 4.74 Å². The molecular weight excluding hydrogens is 200 g/mol. The van der Waals surface area contributed by atoms with Gasteiger partial charge in [-0.2, -0.15) is 5.26 Å². The Morgan fingerprint density at radius 1 is 1.38 bits per heavy atom. The van der Waals surface area contributed by atoms with E-state index < -0.39 is 0 Å². The van der Waals surface area contributed by atoms with E-state index in [2.05, 4.69) is 17.4 Å². The third-order valence-corrected chi connectivity index (χ3v) is 2.22. The summed E-state index contributed by atoms with van der Waals surface area (Å²) in [6.07, 6.45) is 0.632. The van der Waals surface area contributed by atoms with Crippen LogP contribution in [0.1, 0.15) is 18.9 Å². The highest BCUT2D eigenvalue weighted by Crippen LogP contribution is 1.97. The van der Waals surface area contributed by atoms with Crippen LogP contribution in [-0.4, -0.2) is 19.3 Å². The highest BCUT2D eigenvalue weighted by Gasteiger charge is 1.97. The average molecular weight is 218 g/mol. The second-order valence-electron chi connectivity index (χ2n) is 3.66. The fourth-order valence-corrected chi connectivity index (χ4v) is 1.32. The average Bonchev–Trinajstić information content (AvgIpc) is 2.34. The molecule has 0 heterocycles. The van der Waals surface area contributed by atoms with Gasteiger partial charge in [-0.25, -0.2) is 0 Å². The third-order valence-electron chi connectivity index (χ3n) is 2.22. The van der Waals surface area contributed by atoms with Crippen LogP contribution in [0.4, 0.5) is 0 Å². The zero-order valence-electron chi connectivity index (χ0n) is 9.65. The lowest BCUT2D eigenvalue weighted by molar-refractivity contribution is 0.1000. The quantitative estimate of drug-likeness (QED) is 0.713. The molecule has 1 rings (SSSR count). The Morgan fingerprint density at radius 3 is 2.81 bits per heavy atom. The van der Waals surface area contributed by atoms with E-state index in [1.54, 1.807) is 6.92 Å². The Labute approximate surface area is 97.0 Å². The van der Waals surface area contributed by atoms with Crippen LogP contribution in [0.5, 0.6) is 0 Å². The number of hydrogen-bond donors (Lipinski definition) is 1. The van der Waals surface area contributed by atoms with Gasteiger partial charge in [-0.3, -0.25) is 0 Å². The zero-order chi connectivity index (χ0) is 11.6. The van der Waals surface area contributed by atoms with Crippen molar-refractivity contribution >= 4 is 0 Å². The maximum absolute atomic E-state index is 8.50. The van der Waals surface area contributed by atoms with Crippen molar-refractivity contribution in [2.75, 3.05) is 13.2 Å². The highest BCUT2D eigenvalue weighted by atomic mass is 16.5. The summed E-state index contributed by atoms with van der Waals surface area (Å²) in [7, 11) is 0. The summed E-state index contributed by atoms with van der Waals surface area (Å²) in [5.74, 6) is 0. The van der Waals surface area contributed by atoms with Gasteiger partial charge in [-0.15, -0.1) is 0 Å². The molecular formula is C13H18N2O. The van der Waals surface area contributed by atoms with Crippen molar-refractivity contribution in [2.45, 2.75) is 26.0 Å².